The monoisotopic (exact) mass is 318 g/mol. The van der Waals surface area contributed by atoms with Gasteiger partial charge >= 0.3 is 0 Å². The zero-order chi connectivity index (χ0) is 16.4. The first-order chi connectivity index (χ1) is 11.0. The molecule has 1 aliphatic rings. The van der Waals surface area contributed by atoms with Crippen LogP contribution in [0, 0.1) is 5.92 Å². The molecule has 3 nitrogen and oxygen atoms in total. The smallest absolute Gasteiger partial charge is 0.274 e. The number of Topliss-reactive ketones (excluding diaryl/α,β-unsaturated/α-hetero) is 1. The molecule has 0 bridgehead atoms. The van der Waals surface area contributed by atoms with Crippen LogP contribution in [0.15, 0.2) is 48.5 Å². The van der Waals surface area contributed by atoms with E-state index in [4.69, 9.17) is 9.47 Å². The number of para-hydroxylation sites is 1. The van der Waals surface area contributed by atoms with Crippen molar-refractivity contribution in [3.63, 3.8) is 0 Å². The van der Waals surface area contributed by atoms with Gasteiger partial charge in [-0.2, -0.15) is 0 Å². The molecule has 0 amide bonds. The number of fused-ring (bicyclic) bond motifs is 1. The van der Waals surface area contributed by atoms with Crippen LogP contribution in [0.4, 0.5) is 8.78 Å². The van der Waals surface area contributed by atoms with Gasteiger partial charge in [-0.25, -0.2) is 8.78 Å². The minimum atomic E-state index is -3.11. The van der Waals surface area contributed by atoms with Crippen molar-refractivity contribution in [1.29, 1.82) is 0 Å². The number of carbonyl (C=O) groups excluding carboxylic acids is 1. The Morgan fingerprint density at radius 3 is 2.57 bits per heavy atom. The highest BCUT2D eigenvalue weighted by Gasteiger charge is 2.40. The summed E-state index contributed by atoms with van der Waals surface area (Å²) >= 11 is 0. The summed E-state index contributed by atoms with van der Waals surface area (Å²) in [5, 5.41) is 0. The summed E-state index contributed by atoms with van der Waals surface area (Å²) in [5.41, 5.74) is 0.235. The van der Waals surface area contributed by atoms with Crippen LogP contribution in [0.5, 0.6) is 11.5 Å². The predicted molar refractivity (Wildman–Crippen MR) is 81.3 cm³/mol. The molecule has 120 valence electrons. The van der Waals surface area contributed by atoms with Crippen molar-refractivity contribution >= 4 is 5.78 Å². The van der Waals surface area contributed by atoms with Crippen molar-refractivity contribution in [2.75, 3.05) is 13.7 Å². The highest BCUT2D eigenvalue weighted by Crippen LogP contribution is 2.38. The Hall–Kier alpha value is -2.43. The zero-order valence-electron chi connectivity index (χ0n) is 12.6. The second kappa shape index (κ2) is 5.99. The summed E-state index contributed by atoms with van der Waals surface area (Å²) in [7, 11) is 1.47. The Bertz CT molecular complexity index is 710. The Morgan fingerprint density at radius 2 is 1.87 bits per heavy atom. The van der Waals surface area contributed by atoms with Gasteiger partial charge in [0, 0.05) is 12.0 Å². The number of halogens is 2. The first kappa shape index (κ1) is 15.5. The van der Waals surface area contributed by atoms with Crippen LogP contribution >= 0.6 is 0 Å². The van der Waals surface area contributed by atoms with E-state index in [1.807, 2.05) is 0 Å². The van der Waals surface area contributed by atoms with Crippen LogP contribution in [-0.2, 0) is 5.92 Å². The van der Waals surface area contributed by atoms with Crippen molar-refractivity contribution < 1.29 is 23.0 Å². The van der Waals surface area contributed by atoms with E-state index in [9.17, 15) is 13.6 Å². The van der Waals surface area contributed by atoms with Gasteiger partial charge in [-0.3, -0.25) is 4.79 Å². The zero-order valence-corrected chi connectivity index (χ0v) is 12.6. The van der Waals surface area contributed by atoms with Crippen LogP contribution in [0.2, 0.25) is 0 Å². The van der Waals surface area contributed by atoms with Gasteiger partial charge in [-0.05, 0) is 36.4 Å². The van der Waals surface area contributed by atoms with Crippen molar-refractivity contribution in [1.82, 2.24) is 0 Å². The van der Waals surface area contributed by atoms with E-state index in [0.29, 0.717) is 17.1 Å². The van der Waals surface area contributed by atoms with Gasteiger partial charge in [0.2, 0.25) is 0 Å². The second-order valence-corrected chi connectivity index (χ2v) is 5.51. The van der Waals surface area contributed by atoms with Crippen LogP contribution < -0.4 is 9.47 Å². The maximum absolute atomic E-state index is 14.5. The summed E-state index contributed by atoms with van der Waals surface area (Å²) in [5.74, 6) is -3.29. The second-order valence-electron chi connectivity index (χ2n) is 5.51. The molecule has 0 saturated carbocycles. The Morgan fingerprint density at radius 1 is 1.17 bits per heavy atom. The maximum Gasteiger partial charge on any atom is 0.274 e. The molecule has 1 unspecified atom stereocenters. The lowest BCUT2D eigenvalue weighted by molar-refractivity contribution is -0.0324. The molecular weight excluding hydrogens is 302 g/mol. The van der Waals surface area contributed by atoms with E-state index in [-0.39, 0.29) is 18.0 Å². The number of methoxy groups -OCH3 is 1. The lowest BCUT2D eigenvalue weighted by Crippen LogP contribution is -2.32. The van der Waals surface area contributed by atoms with E-state index in [1.54, 1.807) is 24.3 Å². The van der Waals surface area contributed by atoms with E-state index in [2.05, 4.69) is 0 Å². The summed E-state index contributed by atoms with van der Waals surface area (Å²) in [6.07, 6.45) is -0.577. The summed E-state index contributed by atoms with van der Waals surface area (Å²) in [6, 6.07) is 12.3. The molecule has 0 aromatic heterocycles. The number of ketones is 1. The average molecular weight is 318 g/mol. The average Bonchev–Trinajstić information content (AvgIpc) is 2.57. The molecule has 0 N–H and O–H groups in total. The number of ether oxygens (including phenoxy) is 2. The topological polar surface area (TPSA) is 35.5 Å². The Kier molecular flexibility index (Phi) is 4.03. The Labute approximate surface area is 132 Å². The number of rotatable bonds is 4. The third-order valence-corrected chi connectivity index (χ3v) is 3.98. The molecule has 0 fully saturated rings. The minimum Gasteiger partial charge on any atom is -0.497 e. The van der Waals surface area contributed by atoms with Crippen LogP contribution in [0.1, 0.15) is 22.3 Å². The van der Waals surface area contributed by atoms with Gasteiger partial charge in [0.15, 0.2) is 5.78 Å². The standard InChI is InChI=1S/C18H16F2O3/c1-22-14-8-6-13(7-9-14)18(19,20)10-12-11-23-16-5-3-2-4-15(16)17(12)21/h2-9,12H,10-11H2,1H3. The van der Waals surface area contributed by atoms with Crippen molar-refractivity contribution in [2.24, 2.45) is 5.92 Å². The molecule has 23 heavy (non-hydrogen) atoms. The molecular formula is C18H16F2O3. The summed E-state index contributed by atoms with van der Waals surface area (Å²) in [6.45, 7) is -0.0262. The highest BCUT2D eigenvalue weighted by molar-refractivity contribution is 6.01. The molecule has 0 aliphatic carbocycles. The molecule has 2 aromatic rings. The SMILES string of the molecule is COc1ccc(C(F)(F)CC2COc3ccccc3C2=O)cc1. The van der Waals surface area contributed by atoms with Gasteiger partial charge in [0.1, 0.15) is 11.5 Å². The molecule has 3 rings (SSSR count). The van der Waals surface area contributed by atoms with E-state index < -0.39 is 18.3 Å². The van der Waals surface area contributed by atoms with E-state index >= 15 is 0 Å². The van der Waals surface area contributed by atoms with Gasteiger partial charge in [0.25, 0.3) is 5.92 Å². The highest BCUT2D eigenvalue weighted by atomic mass is 19.3. The third-order valence-electron chi connectivity index (χ3n) is 3.98. The quantitative estimate of drug-likeness (QED) is 0.852. The predicted octanol–water partition coefficient (Wildman–Crippen LogP) is 4.07. The normalized spacial score (nSPS) is 17.3. The van der Waals surface area contributed by atoms with Crippen LogP contribution in [0.25, 0.3) is 0 Å². The number of benzene rings is 2. The molecule has 1 atom stereocenters. The van der Waals surface area contributed by atoms with Crippen LogP contribution in [-0.4, -0.2) is 19.5 Å². The van der Waals surface area contributed by atoms with E-state index in [1.165, 1.54) is 31.4 Å². The molecule has 5 heteroatoms. The molecule has 0 radical (unpaired) electrons. The first-order valence-corrected chi connectivity index (χ1v) is 7.29. The number of hydrogen-bond donors (Lipinski definition) is 0. The van der Waals surface area contributed by atoms with Crippen LogP contribution in [0.3, 0.4) is 0 Å². The van der Waals surface area contributed by atoms with Crippen molar-refractivity contribution in [2.45, 2.75) is 12.3 Å². The van der Waals surface area contributed by atoms with E-state index in [0.717, 1.165) is 0 Å². The minimum absolute atomic E-state index is 0.0262. The summed E-state index contributed by atoms with van der Waals surface area (Å²) in [4.78, 5) is 12.4. The number of carbonyl (C=O) groups is 1. The lowest BCUT2D eigenvalue weighted by Gasteiger charge is -2.27. The van der Waals surface area contributed by atoms with Gasteiger partial charge in [-0.1, -0.05) is 12.1 Å². The number of alkyl halides is 2. The van der Waals surface area contributed by atoms with Gasteiger partial charge < -0.3 is 9.47 Å². The fourth-order valence-electron chi connectivity index (χ4n) is 2.70. The third kappa shape index (κ3) is 3.04. The lowest BCUT2D eigenvalue weighted by atomic mass is 9.88. The van der Waals surface area contributed by atoms with Gasteiger partial charge in [0.05, 0.1) is 25.2 Å². The molecule has 1 heterocycles. The first-order valence-electron chi connectivity index (χ1n) is 7.29. The van der Waals surface area contributed by atoms with Crippen molar-refractivity contribution in [3.8, 4) is 11.5 Å². The molecule has 0 spiro atoms. The molecule has 2 aromatic carbocycles. The molecule has 1 aliphatic heterocycles. The van der Waals surface area contributed by atoms with Crippen molar-refractivity contribution in [3.05, 3.63) is 59.7 Å². The molecule has 0 saturated heterocycles. The summed E-state index contributed by atoms with van der Waals surface area (Å²) < 4.78 is 39.4. The Balaban J connectivity index is 1.79. The maximum atomic E-state index is 14.5. The fraction of sp³-hybridized carbons (Fsp3) is 0.278. The van der Waals surface area contributed by atoms with Gasteiger partial charge in [-0.15, -0.1) is 0 Å². The number of hydrogen-bond acceptors (Lipinski definition) is 3. The fourth-order valence-corrected chi connectivity index (χ4v) is 2.70. The largest absolute Gasteiger partial charge is 0.497 e.